The van der Waals surface area contributed by atoms with E-state index in [9.17, 15) is 4.79 Å². The Labute approximate surface area is 112 Å². The van der Waals surface area contributed by atoms with Crippen molar-refractivity contribution >= 4 is 29.0 Å². The smallest absolute Gasteiger partial charge is 0.305 e. The largest absolute Gasteiger partial charge is 0.469 e. The monoisotopic (exact) mass is 267 g/mol. The van der Waals surface area contributed by atoms with Crippen LogP contribution in [0.2, 0.25) is 0 Å². The van der Waals surface area contributed by atoms with E-state index in [0.717, 1.165) is 5.82 Å². The highest BCUT2D eigenvalue weighted by Crippen LogP contribution is 2.10. The van der Waals surface area contributed by atoms with Crippen LogP contribution in [0.25, 0.3) is 0 Å². The molecule has 0 atom stereocenters. The number of carbonyl (C=O) groups is 1. The molecule has 0 unspecified atom stereocenters. The summed E-state index contributed by atoms with van der Waals surface area (Å²) in [5, 5.41) is 0. The zero-order valence-electron chi connectivity index (χ0n) is 10.5. The molecule has 5 nitrogen and oxygen atoms in total. The Balaban J connectivity index is 2.56. The minimum Gasteiger partial charge on any atom is -0.469 e. The molecule has 0 aliphatic carbocycles. The topological polar surface area (TPSA) is 68.5 Å². The second-order valence-electron chi connectivity index (χ2n) is 3.85. The molecule has 18 heavy (non-hydrogen) atoms. The normalized spacial score (nSPS) is 9.89. The number of hydrogen-bond donors (Lipinski definition) is 1. The molecule has 0 fully saturated rings. The maximum Gasteiger partial charge on any atom is 0.305 e. The number of aromatic nitrogens is 1. The fourth-order valence-corrected chi connectivity index (χ4v) is 1.56. The van der Waals surface area contributed by atoms with Gasteiger partial charge >= 0.3 is 5.97 Å². The zero-order valence-corrected chi connectivity index (χ0v) is 11.4. The molecule has 2 N–H and O–H groups in total. The van der Waals surface area contributed by atoms with Crippen molar-refractivity contribution in [2.45, 2.75) is 12.8 Å². The molecular weight excluding hydrogens is 250 g/mol. The first-order valence-corrected chi connectivity index (χ1v) is 6.00. The van der Waals surface area contributed by atoms with Gasteiger partial charge in [0.05, 0.1) is 12.8 Å². The number of nitrogens with zero attached hydrogens (tertiary/aromatic N) is 2. The van der Waals surface area contributed by atoms with Crippen LogP contribution in [-0.4, -0.2) is 36.6 Å². The van der Waals surface area contributed by atoms with Crippen LogP contribution in [0.5, 0.6) is 0 Å². The maximum atomic E-state index is 11.0. The molecule has 1 aromatic rings. The third kappa shape index (κ3) is 4.29. The lowest BCUT2D eigenvalue weighted by atomic mass is 10.3. The summed E-state index contributed by atoms with van der Waals surface area (Å²) in [6.07, 6.45) is 1.11. The van der Waals surface area contributed by atoms with E-state index in [1.54, 1.807) is 6.07 Å². The molecule has 0 saturated heterocycles. The van der Waals surface area contributed by atoms with Crippen molar-refractivity contribution in [3.05, 3.63) is 23.9 Å². The lowest BCUT2D eigenvalue weighted by Gasteiger charge is -2.18. The summed E-state index contributed by atoms with van der Waals surface area (Å²) >= 11 is 4.88. The van der Waals surface area contributed by atoms with Crippen LogP contribution in [0.3, 0.4) is 0 Å². The Morgan fingerprint density at radius 2 is 2.28 bits per heavy atom. The molecule has 0 aliphatic heterocycles. The van der Waals surface area contributed by atoms with Crippen molar-refractivity contribution < 1.29 is 9.53 Å². The minimum absolute atomic E-state index is 0.201. The van der Waals surface area contributed by atoms with Crippen molar-refractivity contribution in [1.82, 2.24) is 4.98 Å². The average molecular weight is 267 g/mol. The standard InChI is InChI=1S/C12H17N3O2S/c1-15(8-4-7-11(16)17-2)10-6-3-5-9(14-10)12(13)18/h3,5-6H,4,7-8H2,1-2H3,(H2,13,18). The van der Waals surface area contributed by atoms with Gasteiger partial charge in [-0.3, -0.25) is 4.79 Å². The number of hydrogen-bond acceptors (Lipinski definition) is 5. The van der Waals surface area contributed by atoms with Crippen molar-refractivity contribution in [1.29, 1.82) is 0 Å². The van der Waals surface area contributed by atoms with E-state index in [4.69, 9.17) is 18.0 Å². The maximum absolute atomic E-state index is 11.0. The number of pyridine rings is 1. The number of anilines is 1. The molecular formula is C12H17N3O2S. The first-order valence-electron chi connectivity index (χ1n) is 5.59. The molecule has 0 bridgehead atoms. The predicted molar refractivity (Wildman–Crippen MR) is 74.6 cm³/mol. The van der Waals surface area contributed by atoms with Gasteiger partial charge in [-0.25, -0.2) is 4.98 Å². The number of methoxy groups -OCH3 is 1. The Kier molecular flexibility index (Phi) is 5.51. The Hall–Kier alpha value is -1.69. The van der Waals surface area contributed by atoms with Gasteiger partial charge in [-0.05, 0) is 18.6 Å². The van der Waals surface area contributed by atoms with Gasteiger partial charge in [-0.2, -0.15) is 0 Å². The number of nitrogens with two attached hydrogens (primary N) is 1. The summed E-state index contributed by atoms with van der Waals surface area (Å²) < 4.78 is 4.58. The Bertz CT molecular complexity index is 437. The highest BCUT2D eigenvalue weighted by atomic mass is 32.1. The molecule has 1 rings (SSSR count). The molecule has 0 radical (unpaired) electrons. The minimum atomic E-state index is -0.201. The van der Waals surface area contributed by atoms with E-state index < -0.39 is 0 Å². The number of rotatable bonds is 6. The van der Waals surface area contributed by atoms with Crippen molar-refractivity contribution in [3.63, 3.8) is 0 Å². The van der Waals surface area contributed by atoms with Crippen LogP contribution in [0, 0.1) is 0 Å². The summed E-state index contributed by atoms with van der Waals surface area (Å²) in [6.45, 7) is 0.711. The quantitative estimate of drug-likeness (QED) is 0.615. The lowest BCUT2D eigenvalue weighted by Crippen LogP contribution is -2.22. The molecule has 98 valence electrons. The number of ether oxygens (including phenoxy) is 1. The second kappa shape index (κ2) is 6.90. The highest BCUT2D eigenvalue weighted by molar-refractivity contribution is 7.80. The fourth-order valence-electron chi connectivity index (χ4n) is 1.45. The Morgan fingerprint density at radius 3 is 2.89 bits per heavy atom. The van der Waals surface area contributed by atoms with Crippen LogP contribution in [-0.2, 0) is 9.53 Å². The van der Waals surface area contributed by atoms with Crippen LogP contribution >= 0.6 is 12.2 Å². The molecule has 0 aliphatic rings. The van der Waals surface area contributed by atoms with Gasteiger partial charge in [-0.1, -0.05) is 18.3 Å². The van der Waals surface area contributed by atoms with Crippen molar-refractivity contribution in [3.8, 4) is 0 Å². The number of carbonyl (C=O) groups excluding carboxylic acids is 1. The van der Waals surface area contributed by atoms with Crippen molar-refractivity contribution in [2.24, 2.45) is 5.73 Å². The van der Waals surface area contributed by atoms with E-state index in [0.29, 0.717) is 25.1 Å². The van der Waals surface area contributed by atoms with E-state index in [1.165, 1.54) is 7.11 Å². The molecule has 0 spiro atoms. The van der Waals surface area contributed by atoms with E-state index in [1.807, 2.05) is 24.1 Å². The lowest BCUT2D eigenvalue weighted by molar-refractivity contribution is -0.140. The van der Waals surface area contributed by atoms with Gasteiger partial charge in [-0.15, -0.1) is 0 Å². The van der Waals surface area contributed by atoms with Crippen LogP contribution < -0.4 is 10.6 Å². The first-order chi connectivity index (χ1) is 8.54. The first kappa shape index (κ1) is 14.4. The number of thiocarbonyl (C=S) groups is 1. The van der Waals surface area contributed by atoms with Gasteiger partial charge in [0.1, 0.15) is 10.8 Å². The zero-order chi connectivity index (χ0) is 13.5. The Morgan fingerprint density at radius 1 is 1.56 bits per heavy atom. The predicted octanol–water partition coefficient (Wildman–Crippen LogP) is 1.11. The summed E-state index contributed by atoms with van der Waals surface area (Å²) in [5.74, 6) is 0.582. The molecule has 1 heterocycles. The van der Waals surface area contributed by atoms with E-state index >= 15 is 0 Å². The van der Waals surface area contributed by atoms with Crippen LogP contribution in [0.4, 0.5) is 5.82 Å². The third-order valence-corrected chi connectivity index (χ3v) is 2.69. The average Bonchev–Trinajstić information content (AvgIpc) is 2.38. The summed E-state index contributed by atoms with van der Waals surface area (Å²) in [4.78, 5) is 17.5. The summed E-state index contributed by atoms with van der Waals surface area (Å²) in [5.41, 5.74) is 6.13. The van der Waals surface area contributed by atoms with Crippen molar-refractivity contribution in [2.75, 3.05) is 25.6 Å². The van der Waals surface area contributed by atoms with Gasteiger partial charge in [0.25, 0.3) is 0 Å². The van der Waals surface area contributed by atoms with Gasteiger partial charge in [0.2, 0.25) is 0 Å². The molecule has 0 saturated carbocycles. The van der Waals surface area contributed by atoms with Gasteiger partial charge in [0, 0.05) is 20.0 Å². The molecule has 0 aromatic carbocycles. The van der Waals surface area contributed by atoms with E-state index in [-0.39, 0.29) is 11.0 Å². The van der Waals surface area contributed by atoms with Crippen LogP contribution in [0.15, 0.2) is 18.2 Å². The van der Waals surface area contributed by atoms with Gasteiger partial charge < -0.3 is 15.4 Å². The molecule has 0 amide bonds. The van der Waals surface area contributed by atoms with Gasteiger partial charge in [0.15, 0.2) is 0 Å². The fraction of sp³-hybridized carbons (Fsp3) is 0.417. The number of esters is 1. The van der Waals surface area contributed by atoms with Crippen LogP contribution in [0.1, 0.15) is 18.5 Å². The summed E-state index contributed by atoms with van der Waals surface area (Å²) in [6, 6.07) is 5.50. The molecule has 1 aromatic heterocycles. The highest BCUT2D eigenvalue weighted by Gasteiger charge is 2.06. The molecule has 6 heteroatoms. The SMILES string of the molecule is COC(=O)CCCN(C)c1cccc(C(N)=S)n1. The summed E-state index contributed by atoms with van der Waals surface area (Å²) in [7, 11) is 3.29. The van der Waals surface area contributed by atoms with E-state index in [2.05, 4.69) is 9.72 Å². The second-order valence-corrected chi connectivity index (χ2v) is 4.29. The third-order valence-electron chi connectivity index (χ3n) is 2.48.